The Bertz CT molecular complexity index is 353. The second kappa shape index (κ2) is 6.36. The van der Waals surface area contributed by atoms with E-state index in [1.807, 2.05) is 18.2 Å². The van der Waals surface area contributed by atoms with Gasteiger partial charge in [-0.2, -0.15) is 0 Å². The van der Waals surface area contributed by atoms with E-state index in [2.05, 4.69) is 18.3 Å². The van der Waals surface area contributed by atoms with Gasteiger partial charge in [0.25, 0.3) is 0 Å². The van der Waals surface area contributed by atoms with Crippen LogP contribution in [-0.2, 0) is 9.47 Å². The van der Waals surface area contributed by atoms with Gasteiger partial charge in [0.1, 0.15) is 0 Å². The van der Waals surface area contributed by atoms with Crippen LogP contribution in [0.4, 0.5) is 0 Å². The summed E-state index contributed by atoms with van der Waals surface area (Å²) in [4.78, 5) is 0. The lowest BCUT2D eigenvalue weighted by molar-refractivity contribution is -0.0869. The van der Waals surface area contributed by atoms with Crippen LogP contribution in [0.15, 0.2) is 24.3 Å². The van der Waals surface area contributed by atoms with E-state index in [0.717, 1.165) is 11.6 Å². The van der Waals surface area contributed by atoms with Crippen molar-refractivity contribution in [3.8, 4) is 0 Å². The van der Waals surface area contributed by atoms with Crippen LogP contribution < -0.4 is 5.32 Å². The Labute approximate surface area is 107 Å². The molecule has 1 N–H and O–H groups in total. The predicted molar refractivity (Wildman–Crippen MR) is 68.4 cm³/mol. The third kappa shape index (κ3) is 3.96. The molecular formula is C13H18ClNO2. The van der Waals surface area contributed by atoms with Crippen LogP contribution in [-0.4, -0.2) is 32.5 Å². The first kappa shape index (κ1) is 12.8. The van der Waals surface area contributed by atoms with E-state index in [-0.39, 0.29) is 12.1 Å². The van der Waals surface area contributed by atoms with Gasteiger partial charge in [-0.1, -0.05) is 23.7 Å². The van der Waals surface area contributed by atoms with Crippen molar-refractivity contribution in [3.63, 3.8) is 0 Å². The smallest absolute Gasteiger partial charge is 0.0933 e. The zero-order valence-electron chi connectivity index (χ0n) is 9.99. The molecule has 0 spiro atoms. The van der Waals surface area contributed by atoms with E-state index in [1.54, 1.807) is 0 Å². The molecule has 3 nitrogen and oxygen atoms in total. The number of hydrogen-bond acceptors (Lipinski definition) is 3. The molecule has 94 valence electrons. The fourth-order valence-corrected chi connectivity index (χ4v) is 2.06. The summed E-state index contributed by atoms with van der Waals surface area (Å²) >= 11 is 5.97. The Morgan fingerprint density at radius 1 is 1.47 bits per heavy atom. The first-order valence-corrected chi connectivity index (χ1v) is 6.31. The van der Waals surface area contributed by atoms with Crippen LogP contribution in [0.2, 0.25) is 5.02 Å². The second-order valence-corrected chi connectivity index (χ2v) is 4.69. The van der Waals surface area contributed by atoms with Crippen molar-refractivity contribution in [1.29, 1.82) is 0 Å². The first-order valence-electron chi connectivity index (χ1n) is 5.94. The molecule has 0 aliphatic carbocycles. The lowest BCUT2D eigenvalue weighted by Gasteiger charge is -2.25. The quantitative estimate of drug-likeness (QED) is 0.896. The molecule has 0 bridgehead atoms. The molecular weight excluding hydrogens is 238 g/mol. The van der Waals surface area contributed by atoms with Gasteiger partial charge in [0, 0.05) is 17.6 Å². The molecule has 2 rings (SSSR count). The van der Waals surface area contributed by atoms with Gasteiger partial charge in [0.05, 0.1) is 25.9 Å². The lowest BCUT2D eigenvalue weighted by atomic mass is 10.1. The van der Waals surface area contributed by atoms with Gasteiger partial charge < -0.3 is 14.8 Å². The second-order valence-electron chi connectivity index (χ2n) is 4.25. The number of nitrogens with one attached hydrogen (secondary N) is 1. The molecule has 0 amide bonds. The van der Waals surface area contributed by atoms with E-state index in [9.17, 15) is 0 Å². The van der Waals surface area contributed by atoms with Crippen molar-refractivity contribution in [3.05, 3.63) is 34.9 Å². The van der Waals surface area contributed by atoms with Crippen LogP contribution in [0.3, 0.4) is 0 Å². The zero-order chi connectivity index (χ0) is 12.1. The van der Waals surface area contributed by atoms with E-state index in [4.69, 9.17) is 21.1 Å². The Morgan fingerprint density at radius 2 is 2.35 bits per heavy atom. The van der Waals surface area contributed by atoms with Gasteiger partial charge in [-0.25, -0.2) is 0 Å². The average Bonchev–Trinajstić information content (AvgIpc) is 2.37. The van der Waals surface area contributed by atoms with Gasteiger partial charge >= 0.3 is 0 Å². The highest BCUT2D eigenvalue weighted by atomic mass is 35.5. The minimum Gasteiger partial charge on any atom is -0.376 e. The average molecular weight is 256 g/mol. The molecule has 4 heteroatoms. The predicted octanol–water partition coefficient (Wildman–Crippen LogP) is 2.41. The summed E-state index contributed by atoms with van der Waals surface area (Å²) in [6.07, 6.45) is 0.158. The minimum atomic E-state index is 0.158. The number of rotatable bonds is 4. The molecule has 2 unspecified atom stereocenters. The standard InChI is InChI=1S/C13H18ClNO2/c1-10(11-3-2-4-12(14)7-11)15-8-13-9-16-5-6-17-13/h2-4,7,10,13,15H,5-6,8-9H2,1H3. The fraction of sp³-hybridized carbons (Fsp3) is 0.538. The maximum atomic E-state index is 5.97. The Hall–Kier alpha value is -0.610. The van der Waals surface area contributed by atoms with Gasteiger partial charge in [-0.15, -0.1) is 0 Å². The van der Waals surface area contributed by atoms with Crippen LogP contribution in [0.5, 0.6) is 0 Å². The number of hydrogen-bond donors (Lipinski definition) is 1. The topological polar surface area (TPSA) is 30.5 Å². The molecule has 0 aromatic heterocycles. The van der Waals surface area contributed by atoms with Crippen molar-refractivity contribution < 1.29 is 9.47 Å². The molecule has 0 saturated carbocycles. The molecule has 0 radical (unpaired) electrons. The third-order valence-electron chi connectivity index (χ3n) is 2.89. The highest BCUT2D eigenvalue weighted by Crippen LogP contribution is 2.17. The molecule has 17 heavy (non-hydrogen) atoms. The normalized spacial score (nSPS) is 22.4. The van der Waals surface area contributed by atoms with Crippen LogP contribution >= 0.6 is 11.6 Å². The molecule has 1 heterocycles. The van der Waals surface area contributed by atoms with Gasteiger partial charge in [-0.3, -0.25) is 0 Å². The molecule has 1 aliphatic rings. The van der Waals surface area contributed by atoms with Crippen molar-refractivity contribution in [2.24, 2.45) is 0 Å². The van der Waals surface area contributed by atoms with Crippen molar-refractivity contribution in [2.45, 2.75) is 19.1 Å². The summed E-state index contributed by atoms with van der Waals surface area (Å²) < 4.78 is 10.9. The van der Waals surface area contributed by atoms with E-state index >= 15 is 0 Å². The highest BCUT2D eigenvalue weighted by molar-refractivity contribution is 6.30. The Morgan fingerprint density at radius 3 is 3.06 bits per heavy atom. The summed E-state index contributed by atoms with van der Waals surface area (Å²) in [6, 6.07) is 8.17. The molecule has 1 aromatic rings. The SMILES string of the molecule is CC(NCC1COCCO1)c1cccc(Cl)c1. The maximum absolute atomic E-state index is 5.97. The van der Waals surface area contributed by atoms with E-state index in [0.29, 0.717) is 19.8 Å². The minimum absolute atomic E-state index is 0.158. The van der Waals surface area contributed by atoms with Gasteiger partial charge in [0.15, 0.2) is 0 Å². The third-order valence-corrected chi connectivity index (χ3v) is 3.12. The lowest BCUT2D eigenvalue weighted by Crippen LogP contribution is -2.38. The van der Waals surface area contributed by atoms with Crippen molar-refractivity contribution in [1.82, 2.24) is 5.32 Å². The van der Waals surface area contributed by atoms with Crippen LogP contribution in [0.1, 0.15) is 18.5 Å². The van der Waals surface area contributed by atoms with Crippen LogP contribution in [0.25, 0.3) is 0 Å². The van der Waals surface area contributed by atoms with Gasteiger partial charge in [0.2, 0.25) is 0 Å². The number of halogens is 1. The molecule has 1 aliphatic heterocycles. The summed E-state index contributed by atoms with van der Waals surface area (Å²) in [6.45, 7) is 5.00. The Balaban J connectivity index is 1.82. The van der Waals surface area contributed by atoms with Crippen molar-refractivity contribution >= 4 is 11.6 Å². The number of ether oxygens (including phenoxy) is 2. The number of benzene rings is 1. The summed E-state index contributed by atoms with van der Waals surface area (Å²) in [5, 5.41) is 4.20. The molecule has 1 fully saturated rings. The molecule has 2 atom stereocenters. The maximum Gasteiger partial charge on any atom is 0.0933 e. The van der Waals surface area contributed by atoms with E-state index in [1.165, 1.54) is 5.56 Å². The summed E-state index contributed by atoms with van der Waals surface area (Å²) in [5.41, 5.74) is 1.19. The largest absolute Gasteiger partial charge is 0.376 e. The molecule has 1 saturated heterocycles. The van der Waals surface area contributed by atoms with E-state index < -0.39 is 0 Å². The summed E-state index contributed by atoms with van der Waals surface area (Å²) in [5.74, 6) is 0. The summed E-state index contributed by atoms with van der Waals surface area (Å²) in [7, 11) is 0. The first-order chi connectivity index (χ1) is 8.25. The van der Waals surface area contributed by atoms with Crippen LogP contribution in [0, 0.1) is 0 Å². The zero-order valence-corrected chi connectivity index (χ0v) is 10.7. The van der Waals surface area contributed by atoms with Gasteiger partial charge in [-0.05, 0) is 24.6 Å². The monoisotopic (exact) mass is 255 g/mol. The Kier molecular flexibility index (Phi) is 4.80. The van der Waals surface area contributed by atoms with Crippen molar-refractivity contribution in [2.75, 3.05) is 26.4 Å². The molecule has 1 aromatic carbocycles. The fourth-order valence-electron chi connectivity index (χ4n) is 1.86. The highest BCUT2D eigenvalue weighted by Gasteiger charge is 2.15.